The summed E-state index contributed by atoms with van der Waals surface area (Å²) in [5.41, 5.74) is 2.57. The zero-order chi connectivity index (χ0) is 21.6. The second kappa shape index (κ2) is 7.50. The first-order valence-corrected chi connectivity index (χ1v) is 10.2. The number of rotatable bonds is 4. The largest absolute Gasteiger partial charge is 0.503 e. The van der Waals surface area contributed by atoms with E-state index in [0.717, 1.165) is 10.6 Å². The Hall–Kier alpha value is -3.32. The molecule has 30 heavy (non-hydrogen) atoms. The number of Topliss-reactive ketones (excluding diaryl/α,β-unsaturated/α-hetero) is 1. The second-order valence-electron chi connectivity index (χ2n) is 7.21. The highest BCUT2D eigenvalue weighted by molar-refractivity contribution is 7.14. The van der Waals surface area contributed by atoms with E-state index in [0.29, 0.717) is 21.8 Å². The number of ketones is 1. The number of aliphatic hydroxyl groups is 1. The monoisotopic (exact) mass is 422 g/mol. The van der Waals surface area contributed by atoms with E-state index in [4.69, 9.17) is 0 Å². The van der Waals surface area contributed by atoms with E-state index in [-0.39, 0.29) is 5.57 Å². The van der Waals surface area contributed by atoms with Gasteiger partial charge in [-0.05, 0) is 50.6 Å². The number of anilines is 1. The molecule has 4 rings (SSSR count). The van der Waals surface area contributed by atoms with E-state index in [2.05, 4.69) is 4.98 Å². The number of carbonyl (C=O) groups is 2. The van der Waals surface area contributed by atoms with Crippen LogP contribution in [0.5, 0.6) is 0 Å². The van der Waals surface area contributed by atoms with Gasteiger partial charge in [0.2, 0.25) is 5.78 Å². The smallest absolute Gasteiger partial charge is 0.294 e. The maximum Gasteiger partial charge on any atom is 0.294 e. The van der Waals surface area contributed by atoms with Gasteiger partial charge < -0.3 is 5.11 Å². The molecule has 1 aromatic heterocycles. The SMILES string of the molecule is Cc1cccc(C2C(C(=O)c3sc(C)nc3C)=C(O)C(=O)N2c2ccc(F)cc2)c1. The Labute approximate surface area is 177 Å². The molecule has 3 aromatic rings. The lowest BCUT2D eigenvalue weighted by Crippen LogP contribution is -2.31. The highest BCUT2D eigenvalue weighted by Crippen LogP contribution is 2.42. The van der Waals surface area contributed by atoms with Gasteiger partial charge in [-0.2, -0.15) is 0 Å². The molecule has 5 nitrogen and oxygen atoms in total. The Balaban J connectivity index is 1.90. The average molecular weight is 422 g/mol. The molecule has 1 N–H and O–H groups in total. The van der Waals surface area contributed by atoms with Crippen molar-refractivity contribution in [3.63, 3.8) is 0 Å². The van der Waals surface area contributed by atoms with Crippen LogP contribution in [0.1, 0.15) is 37.5 Å². The van der Waals surface area contributed by atoms with E-state index in [9.17, 15) is 19.1 Å². The molecule has 0 radical (unpaired) electrons. The first-order valence-electron chi connectivity index (χ1n) is 9.35. The number of hydrogen-bond donors (Lipinski definition) is 1. The van der Waals surface area contributed by atoms with Gasteiger partial charge in [0.15, 0.2) is 5.76 Å². The minimum absolute atomic E-state index is 0.00155. The van der Waals surface area contributed by atoms with Crippen molar-refractivity contribution in [3.05, 3.63) is 92.4 Å². The molecule has 2 aromatic carbocycles. The first kappa shape index (κ1) is 20.0. The molecule has 7 heteroatoms. The van der Waals surface area contributed by atoms with E-state index >= 15 is 0 Å². The molecule has 2 heterocycles. The molecule has 1 aliphatic rings. The number of aryl methyl sites for hydroxylation is 3. The summed E-state index contributed by atoms with van der Waals surface area (Å²) >= 11 is 1.23. The zero-order valence-electron chi connectivity index (χ0n) is 16.6. The van der Waals surface area contributed by atoms with Gasteiger partial charge in [0.1, 0.15) is 5.82 Å². The van der Waals surface area contributed by atoms with E-state index in [1.807, 2.05) is 25.1 Å². The van der Waals surface area contributed by atoms with Gasteiger partial charge in [0.05, 0.1) is 27.2 Å². The van der Waals surface area contributed by atoms with Crippen molar-refractivity contribution in [2.75, 3.05) is 4.90 Å². The molecule has 0 aliphatic carbocycles. The molecule has 0 saturated carbocycles. The summed E-state index contributed by atoms with van der Waals surface area (Å²) in [5.74, 6) is -2.17. The summed E-state index contributed by atoms with van der Waals surface area (Å²) in [4.78, 5) is 32.5. The Morgan fingerprint density at radius 3 is 2.43 bits per heavy atom. The van der Waals surface area contributed by atoms with Gasteiger partial charge in [0.25, 0.3) is 5.91 Å². The van der Waals surface area contributed by atoms with Crippen LogP contribution in [0.2, 0.25) is 0 Å². The van der Waals surface area contributed by atoms with Gasteiger partial charge in [-0.1, -0.05) is 29.8 Å². The molecular formula is C23H19FN2O3S. The van der Waals surface area contributed by atoms with Crippen molar-refractivity contribution in [1.82, 2.24) is 4.98 Å². The molecule has 0 saturated heterocycles. The number of carbonyl (C=O) groups excluding carboxylic acids is 2. The lowest BCUT2D eigenvalue weighted by molar-refractivity contribution is -0.117. The van der Waals surface area contributed by atoms with Crippen molar-refractivity contribution in [2.24, 2.45) is 0 Å². The van der Waals surface area contributed by atoms with Crippen LogP contribution in [-0.2, 0) is 4.79 Å². The Bertz CT molecular complexity index is 1200. The number of benzene rings is 2. The standard InChI is InChI=1S/C23H19FN2O3S/c1-12-5-4-6-15(11-12)19-18(20(27)22-13(2)25-14(3)30-22)21(28)23(29)26(19)17-9-7-16(24)8-10-17/h4-11,19,28H,1-3H3. The topological polar surface area (TPSA) is 70.5 Å². The maximum absolute atomic E-state index is 13.5. The van der Waals surface area contributed by atoms with Crippen molar-refractivity contribution < 1.29 is 19.1 Å². The molecule has 0 bridgehead atoms. The van der Waals surface area contributed by atoms with Crippen molar-refractivity contribution in [1.29, 1.82) is 0 Å². The van der Waals surface area contributed by atoms with Crippen LogP contribution in [0.4, 0.5) is 10.1 Å². The summed E-state index contributed by atoms with van der Waals surface area (Å²) < 4.78 is 13.5. The van der Waals surface area contributed by atoms with Gasteiger partial charge in [-0.15, -0.1) is 11.3 Å². The van der Waals surface area contributed by atoms with Crippen molar-refractivity contribution in [3.8, 4) is 0 Å². The molecule has 1 amide bonds. The van der Waals surface area contributed by atoms with Crippen LogP contribution in [-0.4, -0.2) is 21.8 Å². The fraction of sp³-hybridized carbons (Fsp3) is 0.174. The third-order valence-electron chi connectivity index (χ3n) is 5.03. The molecule has 1 aliphatic heterocycles. The predicted octanol–water partition coefficient (Wildman–Crippen LogP) is 4.99. The number of aliphatic hydroxyl groups excluding tert-OH is 1. The van der Waals surface area contributed by atoms with Crippen LogP contribution in [0.3, 0.4) is 0 Å². The molecule has 1 atom stereocenters. The molecule has 152 valence electrons. The van der Waals surface area contributed by atoms with E-state index < -0.39 is 29.3 Å². The summed E-state index contributed by atoms with van der Waals surface area (Å²) in [6.45, 7) is 5.43. The Kier molecular flexibility index (Phi) is 4.99. The molecular weight excluding hydrogens is 403 g/mol. The third-order valence-corrected chi connectivity index (χ3v) is 6.10. The summed E-state index contributed by atoms with van der Waals surface area (Å²) in [5, 5.41) is 11.5. The fourth-order valence-electron chi connectivity index (χ4n) is 3.73. The summed E-state index contributed by atoms with van der Waals surface area (Å²) in [6.07, 6.45) is 0. The number of amides is 1. The first-order chi connectivity index (χ1) is 14.3. The highest BCUT2D eigenvalue weighted by atomic mass is 32.1. The number of nitrogens with zero attached hydrogens (tertiary/aromatic N) is 2. The average Bonchev–Trinajstić information content (AvgIpc) is 3.18. The summed E-state index contributed by atoms with van der Waals surface area (Å²) in [7, 11) is 0. The van der Waals surface area contributed by atoms with Gasteiger partial charge in [-0.3, -0.25) is 14.5 Å². The number of aromatic nitrogens is 1. The Morgan fingerprint density at radius 2 is 1.83 bits per heavy atom. The maximum atomic E-state index is 13.5. The lowest BCUT2D eigenvalue weighted by atomic mass is 9.94. The second-order valence-corrected chi connectivity index (χ2v) is 8.41. The van der Waals surface area contributed by atoms with Crippen LogP contribution in [0, 0.1) is 26.6 Å². The molecule has 1 unspecified atom stereocenters. The van der Waals surface area contributed by atoms with Crippen LogP contribution >= 0.6 is 11.3 Å². The minimum atomic E-state index is -0.836. The minimum Gasteiger partial charge on any atom is -0.503 e. The van der Waals surface area contributed by atoms with Crippen LogP contribution in [0.15, 0.2) is 59.9 Å². The normalized spacial score (nSPS) is 16.5. The number of thiazole rings is 1. The quantitative estimate of drug-likeness (QED) is 0.602. The zero-order valence-corrected chi connectivity index (χ0v) is 17.5. The Morgan fingerprint density at radius 1 is 1.13 bits per heavy atom. The number of halogens is 1. The van der Waals surface area contributed by atoms with Crippen molar-refractivity contribution in [2.45, 2.75) is 26.8 Å². The molecule has 0 fully saturated rings. The van der Waals surface area contributed by atoms with Gasteiger partial charge >= 0.3 is 0 Å². The van der Waals surface area contributed by atoms with Crippen LogP contribution in [0.25, 0.3) is 0 Å². The fourth-order valence-corrected chi connectivity index (χ4v) is 4.60. The van der Waals surface area contributed by atoms with Gasteiger partial charge in [0, 0.05) is 5.69 Å². The van der Waals surface area contributed by atoms with Crippen LogP contribution < -0.4 is 4.90 Å². The molecule has 0 spiro atoms. The lowest BCUT2D eigenvalue weighted by Gasteiger charge is -2.27. The van der Waals surface area contributed by atoms with Crippen molar-refractivity contribution >= 4 is 28.7 Å². The van der Waals surface area contributed by atoms with Gasteiger partial charge in [-0.25, -0.2) is 9.37 Å². The summed E-state index contributed by atoms with van der Waals surface area (Å²) in [6, 6.07) is 12.0. The predicted molar refractivity (Wildman–Crippen MR) is 113 cm³/mol. The number of hydrogen-bond acceptors (Lipinski definition) is 5. The van der Waals surface area contributed by atoms with E-state index in [1.54, 1.807) is 19.9 Å². The highest BCUT2D eigenvalue weighted by Gasteiger charge is 2.45. The third kappa shape index (κ3) is 3.31. The van der Waals surface area contributed by atoms with E-state index in [1.165, 1.54) is 40.5 Å².